The highest BCUT2D eigenvalue weighted by Gasteiger charge is 2.22. The van der Waals surface area contributed by atoms with Crippen LogP contribution in [0.4, 0.5) is 0 Å². The standard InChI is InChI=1S/C13H19ClN2O/c1-3-16-12(13(14)9(2)15-16)8-10-4-6-11(17)7-5-10/h10H,3-8H2,1-2H3. The van der Waals surface area contributed by atoms with Crippen LogP contribution in [-0.2, 0) is 17.8 Å². The van der Waals surface area contributed by atoms with E-state index in [0.717, 1.165) is 55.1 Å². The molecule has 0 spiro atoms. The van der Waals surface area contributed by atoms with Crippen molar-refractivity contribution in [2.24, 2.45) is 5.92 Å². The molecule has 3 nitrogen and oxygen atoms in total. The first-order chi connectivity index (χ1) is 8.11. The van der Waals surface area contributed by atoms with Gasteiger partial charge in [0.1, 0.15) is 5.78 Å². The van der Waals surface area contributed by atoms with Gasteiger partial charge in [-0.05, 0) is 39.0 Å². The van der Waals surface area contributed by atoms with Crippen LogP contribution < -0.4 is 0 Å². The van der Waals surface area contributed by atoms with Gasteiger partial charge in [-0.1, -0.05) is 11.6 Å². The van der Waals surface area contributed by atoms with Crippen molar-refractivity contribution >= 4 is 17.4 Å². The average molecular weight is 255 g/mol. The molecular weight excluding hydrogens is 236 g/mol. The lowest BCUT2D eigenvalue weighted by Crippen LogP contribution is -2.17. The Bertz CT molecular complexity index is 415. The van der Waals surface area contributed by atoms with E-state index in [-0.39, 0.29) is 0 Å². The molecule has 0 unspecified atom stereocenters. The summed E-state index contributed by atoms with van der Waals surface area (Å²) in [5.41, 5.74) is 2.06. The number of hydrogen-bond donors (Lipinski definition) is 0. The maximum atomic E-state index is 11.2. The van der Waals surface area contributed by atoms with Crippen molar-refractivity contribution < 1.29 is 4.79 Å². The first kappa shape index (κ1) is 12.6. The predicted octanol–water partition coefficient (Wildman–Crippen LogP) is 3.17. The number of rotatable bonds is 3. The minimum absolute atomic E-state index is 0.410. The van der Waals surface area contributed by atoms with E-state index in [1.807, 2.05) is 11.6 Å². The maximum Gasteiger partial charge on any atom is 0.132 e. The molecule has 1 fully saturated rings. The Morgan fingerprint density at radius 2 is 2.06 bits per heavy atom. The van der Waals surface area contributed by atoms with Gasteiger partial charge in [-0.3, -0.25) is 9.48 Å². The number of hydrogen-bond acceptors (Lipinski definition) is 2. The summed E-state index contributed by atoms with van der Waals surface area (Å²) in [5.74, 6) is 0.999. The molecule has 0 aliphatic heterocycles. The molecule has 0 radical (unpaired) electrons. The van der Waals surface area contributed by atoms with Crippen LogP contribution in [0.25, 0.3) is 0 Å². The van der Waals surface area contributed by atoms with Gasteiger partial charge in [0.15, 0.2) is 0 Å². The molecule has 0 saturated heterocycles. The number of carbonyl (C=O) groups excluding carboxylic acids is 1. The number of nitrogens with zero attached hydrogens (tertiary/aromatic N) is 2. The van der Waals surface area contributed by atoms with E-state index in [0.29, 0.717) is 11.7 Å². The highest BCUT2D eigenvalue weighted by atomic mass is 35.5. The summed E-state index contributed by atoms with van der Waals surface area (Å²) < 4.78 is 1.99. The zero-order chi connectivity index (χ0) is 12.4. The van der Waals surface area contributed by atoms with Crippen molar-refractivity contribution in [2.45, 2.75) is 52.5 Å². The molecule has 94 valence electrons. The molecule has 1 heterocycles. The average Bonchev–Trinajstić information content (AvgIpc) is 2.59. The fourth-order valence-corrected chi connectivity index (χ4v) is 2.75. The lowest BCUT2D eigenvalue weighted by Gasteiger charge is -2.21. The number of halogens is 1. The van der Waals surface area contributed by atoms with E-state index in [9.17, 15) is 4.79 Å². The van der Waals surface area contributed by atoms with Gasteiger partial charge >= 0.3 is 0 Å². The highest BCUT2D eigenvalue weighted by Crippen LogP contribution is 2.29. The van der Waals surface area contributed by atoms with Crippen LogP contribution in [0.3, 0.4) is 0 Å². The normalized spacial score (nSPS) is 17.7. The summed E-state index contributed by atoms with van der Waals surface area (Å²) in [6.45, 7) is 4.88. The van der Waals surface area contributed by atoms with Crippen LogP contribution in [0, 0.1) is 12.8 Å². The summed E-state index contributed by atoms with van der Waals surface area (Å²) in [4.78, 5) is 11.2. The monoisotopic (exact) mass is 254 g/mol. The molecule has 2 rings (SSSR count). The van der Waals surface area contributed by atoms with E-state index in [4.69, 9.17) is 11.6 Å². The van der Waals surface area contributed by atoms with Crippen molar-refractivity contribution in [3.8, 4) is 0 Å². The molecule has 17 heavy (non-hydrogen) atoms. The number of Topliss-reactive ketones (excluding diaryl/α,β-unsaturated/α-hetero) is 1. The first-order valence-electron chi connectivity index (χ1n) is 6.35. The Balaban J connectivity index is 2.10. The van der Waals surface area contributed by atoms with Gasteiger partial charge in [0.2, 0.25) is 0 Å². The topological polar surface area (TPSA) is 34.9 Å². The van der Waals surface area contributed by atoms with Gasteiger partial charge in [0, 0.05) is 19.4 Å². The predicted molar refractivity (Wildman–Crippen MR) is 68.3 cm³/mol. The van der Waals surface area contributed by atoms with Crippen LogP contribution in [0.1, 0.15) is 44.0 Å². The smallest absolute Gasteiger partial charge is 0.132 e. The molecule has 1 aliphatic carbocycles. The van der Waals surface area contributed by atoms with Crippen LogP contribution in [0.2, 0.25) is 5.02 Å². The molecule has 0 aromatic carbocycles. The van der Waals surface area contributed by atoms with E-state index in [1.54, 1.807) is 0 Å². The fourth-order valence-electron chi connectivity index (χ4n) is 2.54. The molecule has 0 bridgehead atoms. The van der Waals surface area contributed by atoms with E-state index >= 15 is 0 Å². The van der Waals surface area contributed by atoms with E-state index < -0.39 is 0 Å². The Morgan fingerprint density at radius 1 is 1.41 bits per heavy atom. The minimum atomic E-state index is 0.410. The number of carbonyl (C=O) groups is 1. The Labute approximate surface area is 107 Å². The van der Waals surface area contributed by atoms with Crippen LogP contribution in [0.5, 0.6) is 0 Å². The van der Waals surface area contributed by atoms with Crippen LogP contribution in [-0.4, -0.2) is 15.6 Å². The van der Waals surface area contributed by atoms with Gasteiger partial charge < -0.3 is 0 Å². The molecule has 1 aliphatic rings. The van der Waals surface area contributed by atoms with Crippen molar-refractivity contribution in [1.82, 2.24) is 9.78 Å². The van der Waals surface area contributed by atoms with Crippen molar-refractivity contribution in [3.63, 3.8) is 0 Å². The summed E-state index contributed by atoms with van der Waals surface area (Å²) in [6, 6.07) is 0. The van der Waals surface area contributed by atoms with Crippen molar-refractivity contribution in [2.75, 3.05) is 0 Å². The highest BCUT2D eigenvalue weighted by molar-refractivity contribution is 6.31. The molecule has 0 atom stereocenters. The summed E-state index contributed by atoms with van der Waals surface area (Å²) in [7, 11) is 0. The summed E-state index contributed by atoms with van der Waals surface area (Å²) in [5, 5.41) is 5.24. The molecular formula is C13H19ClN2O. The van der Waals surface area contributed by atoms with Gasteiger partial charge in [0.05, 0.1) is 16.4 Å². The maximum absolute atomic E-state index is 11.2. The molecule has 1 aromatic rings. The largest absolute Gasteiger partial charge is 0.300 e. The first-order valence-corrected chi connectivity index (χ1v) is 6.73. The number of ketones is 1. The quantitative estimate of drug-likeness (QED) is 0.831. The Hall–Kier alpha value is -0.830. The second-order valence-electron chi connectivity index (χ2n) is 4.85. The van der Waals surface area contributed by atoms with E-state index in [2.05, 4.69) is 12.0 Å². The van der Waals surface area contributed by atoms with Gasteiger partial charge in [0.25, 0.3) is 0 Å². The Morgan fingerprint density at radius 3 is 2.65 bits per heavy atom. The van der Waals surface area contributed by atoms with Crippen molar-refractivity contribution in [1.29, 1.82) is 0 Å². The third-order valence-electron chi connectivity index (χ3n) is 3.60. The van der Waals surface area contributed by atoms with Crippen molar-refractivity contribution in [3.05, 3.63) is 16.4 Å². The minimum Gasteiger partial charge on any atom is -0.300 e. The Kier molecular flexibility index (Phi) is 3.87. The SMILES string of the molecule is CCn1nc(C)c(Cl)c1CC1CCC(=O)CC1. The lowest BCUT2D eigenvalue weighted by molar-refractivity contribution is -0.121. The number of aromatic nitrogens is 2. The van der Waals surface area contributed by atoms with Gasteiger partial charge in [-0.2, -0.15) is 5.10 Å². The fraction of sp³-hybridized carbons (Fsp3) is 0.692. The van der Waals surface area contributed by atoms with Crippen LogP contribution in [0.15, 0.2) is 0 Å². The second-order valence-corrected chi connectivity index (χ2v) is 5.23. The molecule has 0 amide bonds. The summed E-state index contributed by atoms with van der Waals surface area (Å²) in [6.07, 6.45) is 4.44. The molecule has 4 heteroatoms. The third-order valence-corrected chi connectivity index (χ3v) is 4.09. The molecule has 1 saturated carbocycles. The van der Waals surface area contributed by atoms with Gasteiger partial charge in [-0.15, -0.1) is 0 Å². The van der Waals surface area contributed by atoms with E-state index in [1.165, 1.54) is 0 Å². The zero-order valence-corrected chi connectivity index (χ0v) is 11.3. The molecule has 0 N–H and O–H groups in total. The number of aryl methyl sites for hydroxylation is 2. The summed E-state index contributed by atoms with van der Waals surface area (Å²) >= 11 is 6.29. The lowest BCUT2D eigenvalue weighted by atomic mass is 9.85. The van der Waals surface area contributed by atoms with Gasteiger partial charge in [-0.25, -0.2) is 0 Å². The zero-order valence-electron chi connectivity index (χ0n) is 10.5. The third kappa shape index (κ3) is 2.71. The second kappa shape index (κ2) is 5.21. The molecule has 1 aromatic heterocycles. The van der Waals surface area contributed by atoms with Crippen LogP contribution >= 0.6 is 11.6 Å².